The molecule has 1 atom stereocenters. The predicted molar refractivity (Wildman–Crippen MR) is 79.4 cm³/mol. The number of sulfonamides is 1. The summed E-state index contributed by atoms with van der Waals surface area (Å²) in [4.78, 5) is 0. The van der Waals surface area contributed by atoms with Gasteiger partial charge in [-0.2, -0.15) is 0 Å². The minimum absolute atomic E-state index is 0.196. The van der Waals surface area contributed by atoms with Crippen LogP contribution in [0.1, 0.15) is 18.1 Å². The zero-order chi connectivity index (χ0) is 14.4. The Kier molecular flexibility index (Phi) is 4.76. The molecule has 20 heavy (non-hydrogen) atoms. The Balaban J connectivity index is 1.95. The average Bonchev–Trinajstić information content (AvgIpc) is 2.90. The Labute approximate surface area is 119 Å². The second kappa shape index (κ2) is 6.54. The molecule has 0 aliphatic rings. The third-order valence-corrected chi connectivity index (χ3v) is 3.95. The molecular formula is C15H17NO3S. The topological polar surface area (TPSA) is 59.3 Å². The van der Waals surface area contributed by atoms with E-state index < -0.39 is 10.0 Å². The lowest BCUT2D eigenvalue weighted by atomic mass is 10.1. The minimum atomic E-state index is -3.44. The van der Waals surface area contributed by atoms with Gasteiger partial charge in [-0.3, -0.25) is 0 Å². The van der Waals surface area contributed by atoms with E-state index in [-0.39, 0.29) is 6.04 Å². The highest BCUT2D eigenvalue weighted by atomic mass is 32.2. The van der Waals surface area contributed by atoms with Gasteiger partial charge in [0.25, 0.3) is 0 Å². The van der Waals surface area contributed by atoms with Gasteiger partial charge in [-0.1, -0.05) is 30.3 Å². The van der Waals surface area contributed by atoms with Crippen molar-refractivity contribution < 1.29 is 12.8 Å². The van der Waals surface area contributed by atoms with Gasteiger partial charge in [-0.15, -0.1) is 0 Å². The summed E-state index contributed by atoms with van der Waals surface area (Å²) in [6.07, 6.45) is 5.36. The zero-order valence-corrected chi connectivity index (χ0v) is 12.0. The maximum Gasteiger partial charge on any atom is 0.233 e. The molecule has 0 fully saturated rings. The Morgan fingerprint density at radius 2 is 2.00 bits per heavy atom. The first-order chi connectivity index (χ1) is 9.55. The molecule has 2 aromatic rings. The molecule has 1 aromatic heterocycles. The van der Waals surface area contributed by atoms with Gasteiger partial charge in [0, 0.05) is 11.4 Å². The van der Waals surface area contributed by atoms with Crippen molar-refractivity contribution in [2.45, 2.75) is 19.4 Å². The monoisotopic (exact) mass is 291 g/mol. The van der Waals surface area contributed by atoms with Crippen molar-refractivity contribution >= 4 is 16.1 Å². The van der Waals surface area contributed by atoms with E-state index >= 15 is 0 Å². The quantitative estimate of drug-likeness (QED) is 0.890. The van der Waals surface area contributed by atoms with Gasteiger partial charge in [-0.05, 0) is 36.6 Å². The summed E-state index contributed by atoms with van der Waals surface area (Å²) in [6.45, 7) is 1.82. The van der Waals surface area contributed by atoms with Crippen LogP contribution in [0, 0.1) is 0 Å². The van der Waals surface area contributed by atoms with Crippen LogP contribution < -0.4 is 4.72 Å². The zero-order valence-electron chi connectivity index (χ0n) is 11.2. The normalized spacial score (nSPS) is 13.7. The van der Waals surface area contributed by atoms with Crippen molar-refractivity contribution in [2.75, 3.05) is 0 Å². The highest BCUT2D eigenvalue weighted by Gasteiger charge is 2.12. The Bertz CT molecular complexity index is 646. The molecule has 1 heterocycles. The van der Waals surface area contributed by atoms with Crippen LogP contribution in [-0.4, -0.2) is 14.5 Å². The van der Waals surface area contributed by atoms with Crippen LogP contribution in [0.15, 0.2) is 58.7 Å². The third kappa shape index (κ3) is 4.68. The Morgan fingerprint density at radius 1 is 1.25 bits per heavy atom. The van der Waals surface area contributed by atoms with Gasteiger partial charge in [0.2, 0.25) is 10.0 Å². The molecule has 0 bridgehead atoms. The van der Waals surface area contributed by atoms with E-state index in [2.05, 4.69) is 4.72 Å². The van der Waals surface area contributed by atoms with Crippen molar-refractivity contribution in [1.82, 2.24) is 4.72 Å². The van der Waals surface area contributed by atoms with Gasteiger partial charge in [0.15, 0.2) is 0 Å². The summed E-state index contributed by atoms with van der Waals surface area (Å²) in [7, 11) is -3.44. The van der Waals surface area contributed by atoms with Gasteiger partial charge in [-0.25, -0.2) is 13.1 Å². The average molecular weight is 291 g/mol. The number of hydrogen-bond donors (Lipinski definition) is 1. The van der Waals surface area contributed by atoms with Gasteiger partial charge < -0.3 is 4.42 Å². The lowest BCUT2D eigenvalue weighted by Crippen LogP contribution is -2.32. The molecule has 5 heteroatoms. The number of furan rings is 1. The summed E-state index contributed by atoms with van der Waals surface area (Å²) < 4.78 is 31.4. The first-order valence-electron chi connectivity index (χ1n) is 6.32. The molecule has 0 saturated carbocycles. The molecule has 106 valence electrons. The number of benzene rings is 1. The van der Waals surface area contributed by atoms with Crippen molar-refractivity contribution in [3.63, 3.8) is 0 Å². The largest absolute Gasteiger partial charge is 0.472 e. The molecule has 2 rings (SSSR count). The van der Waals surface area contributed by atoms with E-state index in [1.807, 2.05) is 43.3 Å². The Hall–Kier alpha value is -1.85. The molecule has 0 spiro atoms. The maximum atomic E-state index is 11.9. The minimum Gasteiger partial charge on any atom is -0.472 e. The second-order valence-corrected chi connectivity index (χ2v) is 6.21. The van der Waals surface area contributed by atoms with Crippen LogP contribution >= 0.6 is 0 Å². The summed E-state index contributed by atoms with van der Waals surface area (Å²) in [5.74, 6) is 0. The van der Waals surface area contributed by atoms with Crippen LogP contribution in [0.3, 0.4) is 0 Å². The first-order valence-corrected chi connectivity index (χ1v) is 7.86. The fraction of sp³-hybridized carbons (Fsp3) is 0.200. The van der Waals surface area contributed by atoms with E-state index in [9.17, 15) is 8.42 Å². The summed E-state index contributed by atoms with van der Waals surface area (Å²) >= 11 is 0. The molecule has 0 saturated heterocycles. The maximum absolute atomic E-state index is 11.9. The van der Waals surface area contributed by atoms with Gasteiger partial charge in [0.05, 0.1) is 12.5 Å². The highest BCUT2D eigenvalue weighted by Crippen LogP contribution is 2.06. The van der Waals surface area contributed by atoms with Crippen LogP contribution in [-0.2, 0) is 16.4 Å². The van der Waals surface area contributed by atoms with E-state index in [1.54, 1.807) is 18.6 Å². The van der Waals surface area contributed by atoms with Crippen LogP contribution in [0.4, 0.5) is 0 Å². The van der Waals surface area contributed by atoms with Crippen LogP contribution in [0.25, 0.3) is 6.08 Å². The fourth-order valence-electron chi connectivity index (χ4n) is 1.86. The summed E-state index contributed by atoms with van der Waals surface area (Å²) in [5, 5.41) is 1.19. The smallest absolute Gasteiger partial charge is 0.233 e. The van der Waals surface area contributed by atoms with E-state index in [4.69, 9.17) is 4.42 Å². The SMILES string of the molecule is CC(Cc1ccoc1)NS(=O)(=O)/C=C/c1ccccc1. The number of hydrogen-bond acceptors (Lipinski definition) is 3. The molecule has 1 N–H and O–H groups in total. The van der Waals surface area contributed by atoms with E-state index in [1.165, 1.54) is 5.41 Å². The van der Waals surface area contributed by atoms with Crippen LogP contribution in [0.5, 0.6) is 0 Å². The molecule has 0 aliphatic carbocycles. The molecule has 0 radical (unpaired) electrons. The van der Waals surface area contributed by atoms with Crippen molar-refractivity contribution in [3.8, 4) is 0 Å². The number of rotatable bonds is 6. The molecular weight excluding hydrogens is 274 g/mol. The molecule has 1 unspecified atom stereocenters. The molecule has 0 amide bonds. The standard InChI is InChI=1S/C15H17NO3S/c1-13(11-15-7-9-19-12-15)16-20(17,18)10-8-14-5-3-2-4-6-14/h2-10,12-13,16H,11H2,1H3/b10-8+. The summed E-state index contributed by atoms with van der Waals surface area (Å²) in [6, 6.07) is 10.9. The predicted octanol–water partition coefficient (Wildman–Crippen LogP) is 2.80. The lowest BCUT2D eigenvalue weighted by molar-refractivity contribution is 0.553. The fourth-order valence-corrected chi connectivity index (χ4v) is 2.92. The molecule has 4 nitrogen and oxygen atoms in total. The van der Waals surface area contributed by atoms with Crippen LogP contribution in [0.2, 0.25) is 0 Å². The van der Waals surface area contributed by atoms with Gasteiger partial charge in [0.1, 0.15) is 0 Å². The number of nitrogens with one attached hydrogen (secondary N) is 1. The second-order valence-electron chi connectivity index (χ2n) is 4.61. The van der Waals surface area contributed by atoms with Crippen molar-refractivity contribution in [3.05, 3.63) is 65.5 Å². The van der Waals surface area contributed by atoms with Gasteiger partial charge >= 0.3 is 0 Å². The van der Waals surface area contributed by atoms with E-state index in [0.29, 0.717) is 6.42 Å². The Morgan fingerprint density at radius 3 is 2.65 bits per heavy atom. The molecule has 1 aromatic carbocycles. The highest BCUT2D eigenvalue weighted by molar-refractivity contribution is 7.92. The van der Waals surface area contributed by atoms with E-state index in [0.717, 1.165) is 11.1 Å². The van der Waals surface area contributed by atoms with Crippen molar-refractivity contribution in [2.24, 2.45) is 0 Å². The van der Waals surface area contributed by atoms with Crippen molar-refractivity contribution in [1.29, 1.82) is 0 Å². The molecule has 0 aliphatic heterocycles. The summed E-state index contributed by atoms with van der Waals surface area (Å²) in [5.41, 5.74) is 1.81. The lowest BCUT2D eigenvalue weighted by Gasteiger charge is -2.10. The first kappa shape index (κ1) is 14.6. The third-order valence-electron chi connectivity index (χ3n) is 2.73.